The van der Waals surface area contributed by atoms with Crippen molar-refractivity contribution in [2.24, 2.45) is 5.10 Å². The van der Waals surface area contributed by atoms with Crippen LogP contribution in [0.2, 0.25) is 0 Å². The molecule has 0 aliphatic heterocycles. The number of thiophene rings is 1. The van der Waals surface area contributed by atoms with Gasteiger partial charge in [0.15, 0.2) is 0 Å². The molecule has 0 aliphatic rings. The first-order valence-electron chi connectivity index (χ1n) is 6.26. The topological polar surface area (TPSA) is 59.9 Å². The number of carbonyl (C=O) groups is 1. The molecular formula is C15H16N2O3S. The molecule has 0 atom stereocenters. The molecule has 2 aromatic rings. The summed E-state index contributed by atoms with van der Waals surface area (Å²) in [7, 11) is 3.06. The molecule has 110 valence electrons. The lowest BCUT2D eigenvalue weighted by molar-refractivity contribution is 0.0952. The first-order valence-corrected chi connectivity index (χ1v) is 7.14. The summed E-state index contributed by atoms with van der Waals surface area (Å²) in [5.74, 6) is 0.739. The average molecular weight is 304 g/mol. The first kappa shape index (κ1) is 15.1. The molecule has 1 amide bonds. The van der Waals surface area contributed by atoms with Crippen LogP contribution in [0.25, 0.3) is 0 Å². The number of rotatable bonds is 5. The van der Waals surface area contributed by atoms with E-state index in [1.807, 2.05) is 24.4 Å². The second-order valence-electron chi connectivity index (χ2n) is 4.18. The van der Waals surface area contributed by atoms with Crippen LogP contribution < -0.4 is 14.9 Å². The Hall–Kier alpha value is -2.34. The molecule has 0 saturated carbocycles. The number of hydrazone groups is 1. The Morgan fingerprint density at radius 2 is 2.05 bits per heavy atom. The van der Waals surface area contributed by atoms with Gasteiger partial charge in [-0.1, -0.05) is 6.07 Å². The number of methoxy groups -OCH3 is 2. The lowest BCUT2D eigenvalue weighted by Gasteiger charge is -2.09. The van der Waals surface area contributed by atoms with Crippen LogP contribution in [0.3, 0.4) is 0 Å². The molecule has 1 heterocycles. The molecule has 1 N–H and O–H groups in total. The first-order chi connectivity index (χ1) is 10.2. The Kier molecular flexibility index (Phi) is 4.94. The van der Waals surface area contributed by atoms with Gasteiger partial charge in [0.05, 0.1) is 25.5 Å². The fourth-order valence-corrected chi connectivity index (χ4v) is 2.40. The largest absolute Gasteiger partial charge is 0.497 e. The van der Waals surface area contributed by atoms with E-state index in [0.29, 0.717) is 17.1 Å². The van der Waals surface area contributed by atoms with Gasteiger partial charge in [-0.3, -0.25) is 4.79 Å². The molecule has 0 unspecified atom stereocenters. The van der Waals surface area contributed by atoms with Crippen molar-refractivity contribution in [3.8, 4) is 11.5 Å². The summed E-state index contributed by atoms with van der Waals surface area (Å²) in [4.78, 5) is 13.2. The SMILES string of the molecule is COc1ccc(C(=O)N/N=C(/C)c2cccs2)c(OC)c1. The number of nitrogens with zero attached hydrogens (tertiary/aromatic N) is 1. The molecule has 6 heteroatoms. The van der Waals surface area contributed by atoms with Crippen LogP contribution in [0, 0.1) is 0 Å². The maximum atomic E-state index is 12.2. The fourth-order valence-electron chi connectivity index (χ4n) is 1.72. The van der Waals surface area contributed by atoms with Crippen LogP contribution in [0.15, 0.2) is 40.8 Å². The monoisotopic (exact) mass is 304 g/mol. The zero-order chi connectivity index (χ0) is 15.2. The lowest BCUT2D eigenvalue weighted by Crippen LogP contribution is -2.19. The van der Waals surface area contributed by atoms with Gasteiger partial charge in [-0.15, -0.1) is 11.3 Å². The normalized spacial score (nSPS) is 11.1. The Labute approximate surface area is 127 Å². The quantitative estimate of drug-likeness (QED) is 0.682. The van der Waals surface area contributed by atoms with E-state index in [1.54, 1.807) is 36.6 Å². The van der Waals surface area contributed by atoms with Crippen molar-refractivity contribution in [3.05, 3.63) is 46.2 Å². The predicted octanol–water partition coefficient (Wildman–Crippen LogP) is 2.92. The third-order valence-electron chi connectivity index (χ3n) is 2.86. The van der Waals surface area contributed by atoms with Crippen LogP contribution in [-0.2, 0) is 0 Å². The summed E-state index contributed by atoms with van der Waals surface area (Å²) in [6.45, 7) is 1.84. The number of nitrogens with one attached hydrogen (secondary N) is 1. The Bertz CT molecular complexity index is 651. The van der Waals surface area contributed by atoms with E-state index < -0.39 is 0 Å². The zero-order valence-corrected chi connectivity index (χ0v) is 12.9. The highest BCUT2D eigenvalue weighted by atomic mass is 32.1. The van der Waals surface area contributed by atoms with Crippen molar-refractivity contribution < 1.29 is 14.3 Å². The minimum atomic E-state index is -0.328. The minimum Gasteiger partial charge on any atom is -0.497 e. The zero-order valence-electron chi connectivity index (χ0n) is 12.0. The second-order valence-corrected chi connectivity index (χ2v) is 5.13. The molecule has 1 aromatic heterocycles. The van der Waals surface area contributed by atoms with Crippen LogP contribution in [0.5, 0.6) is 11.5 Å². The molecule has 2 rings (SSSR count). The third-order valence-corrected chi connectivity index (χ3v) is 3.83. The molecule has 21 heavy (non-hydrogen) atoms. The van der Waals surface area contributed by atoms with Gasteiger partial charge in [0.1, 0.15) is 11.5 Å². The predicted molar refractivity (Wildman–Crippen MR) is 83.5 cm³/mol. The van der Waals surface area contributed by atoms with Gasteiger partial charge < -0.3 is 9.47 Å². The third kappa shape index (κ3) is 3.61. The Morgan fingerprint density at radius 3 is 2.67 bits per heavy atom. The Balaban J connectivity index is 2.15. The number of amides is 1. The second kappa shape index (κ2) is 6.90. The fraction of sp³-hybridized carbons (Fsp3) is 0.200. The summed E-state index contributed by atoms with van der Waals surface area (Å²) in [6.07, 6.45) is 0. The van der Waals surface area contributed by atoms with Gasteiger partial charge in [-0.05, 0) is 30.5 Å². The molecule has 0 aliphatic carbocycles. The Morgan fingerprint density at radius 1 is 1.24 bits per heavy atom. The van der Waals surface area contributed by atoms with Crippen LogP contribution in [-0.4, -0.2) is 25.8 Å². The van der Waals surface area contributed by atoms with E-state index in [9.17, 15) is 4.79 Å². The smallest absolute Gasteiger partial charge is 0.275 e. The van der Waals surface area contributed by atoms with Gasteiger partial charge in [0.2, 0.25) is 0 Å². The van der Waals surface area contributed by atoms with E-state index in [4.69, 9.17) is 9.47 Å². The van der Waals surface area contributed by atoms with Gasteiger partial charge in [0, 0.05) is 10.9 Å². The summed E-state index contributed by atoms with van der Waals surface area (Å²) in [6, 6.07) is 8.89. The highest BCUT2D eigenvalue weighted by Gasteiger charge is 2.13. The van der Waals surface area contributed by atoms with E-state index in [0.717, 1.165) is 10.6 Å². The van der Waals surface area contributed by atoms with Crippen LogP contribution >= 0.6 is 11.3 Å². The summed E-state index contributed by atoms with van der Waals surface area (Å²) in [5.41, 5.74) is 3.69. The highest BCUT2D eigenvalue weighted by molar-refractivity contribution is 7.12. The van der Waals surface area contributed by atoms with Crippen LogP contribution in [0.4, 0.5) is 0 Å². The van der Waals surface area contributed by atoms with Crippen molar-refractivity contribution in [1.29, 1.82) is 0 Å². The molecule has 0 fully saturated rings. The van der Waals surface area contributed by atoms with Crippen LogP contribution in [0.1, 0.15) is 22.2 Å². The maximum Gasteiger partial charge on any atom is 0.275 e. The van der Waals surface area contributed by atoms with Crippen molar-refractivity contribution in [1.82, 2.24) is 5.43 Å². The van der Waals surface area contributed by atoms with E-state index in [1.165, 1.54) is 7.11 Å². The van der Waals surface area contributed by atoms with Gasteiger partial charge in [-0.2, -0.15) is 5.10 Å². The molecule has 5 nitrogen and oxygen atoms in total. The number of ether oxygens (including phenoxy) is 2. The molecule has 0 bridgehead atoms. The molecule has 1 aromatic carbocycles. The summed E-state index contributed by atoms with van der Waals surface area (Å²) in [5, 5.41) is 6.06. The average Bonchev–Trinajstić information content (AvgIpc) is 3.06. The molecule has 0 radical (unpaired) electrons. The summed E-state index contributed by atoms with van der Waals surface area (Å²) < 4.78 is 10.3. The summed E-state index contributed by atoms with van der Waals surface area (Å²) >= 11 is 1.57. The minimum absolute atomic E-state index is 0.328. The molecule has 0 spiro atoms. The van der Waals surface area contributed by atoms with Crippen molar-refractivity contribution >= 4 is 23.0 Å². The van der Waals surface area contributed by atoms with Crippen molar-refractivity contribution in [2.75, 3.05) is 14.2 Å². The highest BCUT2D eigenvalue weighted by Crippen LogP contribution is 2.24. The van der Waals surface area contributed by atoms with Crippen molar-refractivity contribution in [3.63, 3.8) is 0 Å². The molecular weight excluding hydrogens is 288 g/mol. The van der Waals surface area contributed by atoms with Gasteiger partial charge in [-0.25, -0.2) is 5.43 Å². The van der Waals surface area contributed by atoms with E-state index in [-0.39, 0.29) is 5.91 Å². The van der Waals surface area contributed by atoms with E-state index in [2.05, 4.69) is 10.5 Å². The van der Waals surface area contributed by atoms with Crippen molar-refractivity contribution in [2.45, 2.75) is 6.92 Å². The standard InChI is InChI=1S/C15H16N2O3S/c1-10(14-5-4-8-21-14)16-17-15(18)12-7-6-11(19-2)9-13(12)20-3/h4-9H,1-3H3,(H,17,18)/b16-10-. The number of hydrogen-bond acceptors (Lipinski definition) is 5. The lowest BCUT2D eigenvalue weighted by atomic mass is 10.2. The number of carbonyl (C=O) groups excluding carboxylic acids is 1. The van der Waals surface area contributed by atoms with E-state index >= 15 is 0 Å². The number of hydrogen-bond donors (Lipinski definition) is 1. The molecule has 0 saturated heterocycles. The number of benzene rings is 1. The van der Waals surface area contributed by atoms with Gasteiger partial charge >= 0.3 is 0 Å². The van der Waals surface area contributed by atoms with Gasteiger partial charge in [0.25, 0.3) is 5.91 Å². The maximum absolute atomic E-state index is 12.2.